The molecule has 4 aromatic rings. The normalized spacial score (nSPS) is 15.8. The van der Waals surface area contributed by atoms with Gasteiger partial charge in [-0.15, -0.1) is 0 Å². The number of rotatable bonds is 4. The number of urea groups is 1. The van der Waals surface area contributed by atoms with Crippen molar-refractivity contribution in [3.8, 4) is 16.9 Å². The van der Waals surface area contributed by atoms with Gasteiger partial charge in [0.05, 0.1) is 11.4 Å². The van der Waals surface area contributed by atoms with E-state index in [1.165, 1.54) is 5.56 Å². The number of likely N-dealkylation sites (N-methyl/N-ethyl adjacent to an activating group) is 1. The average Bonchev–Trinajstić information content (AvgIpc) is 3.48. The lowest BCUT2D eigenvalue weighted by Gasteiger charge is -2.33. The number of nitrogens with two attached hydrogens (primary N) is 1. The van der Waals surface area contributed by atoms with Crippen LogP contribution in [0.4, 0.5) is 22.2 Å². The van der Waals surface area contributed by atoms with E-state index >= 15 is 0 Å². The zero-order valence-corrected chi connectivity index (χ0v) is 21.4. The van der Waals surface area contributed by atoms with Gasteiger partial charge in [-0.1, -0.05) is 12.1 Å². The molecule has 1 saturated heterocycles. The van der Waals surface area contributed by atoms with Crippen molar-refractivity contribution in [3.63, 3.8) is 0 Å². The Bertz CT molecular complexity index is 1430. The van der Waals surface area contributed by atoms with Crippen LogP contribution in [0, 0.1) is 0 Å². The summed E-state index contributed by atoms with van der Waals surface area (Å²) < 4.78 is 1.78. The van der Waals surface area contributed by atoms with Crippen molar-refractivity contribution in [2.75, 3.05) is 55.7 Å². The van der Waals surface area contributed by atoms with E-state index in [0.29, 0.717) is 13.1 Å². The van der Waals surface area contributed by atoms with E-state index in [0.717, 1.165) is 66.6 Å². The average molecular weight is 510 g/mol. The van der Waals surface area contributed by atoms with Gasteiger partial charge in [0.15, 0.2) is 0 Å². The van der Waals surface area contributed by atoms with Crippen LogP contribution < -0.4 is 16.0 Å². The molecule has 3 N–H and O–H groups in total. The van der Waals surface area contributed by atoms with Crippen molar-refractivity contribution in [3.05, 3.63) is 78.1 Å². The summed E-state index contributed by atoms with van der Waals surface area (Å²) in [6, 6.07) is 17.8. The predicted octanol–water partition coefficient (Wildman–Crippen LogP) is 3.25. The second kappa shape index (κ2) is 10.1. The number of nitrogens with one attached hydrogen (secondary N) is 1. The lowest BCUT2D eigenvalue weighted by Crippen LogP contribution is -2.44. The van der Waals surface area contributed by atoms with Gasteiger partial charge >= 0.3 is 6.03 Å². The number of carbonyl (C=O) groups is 1. The maximum atomic E-state index is 13.1. The van der Waals surface area contributed by atoms with Gasteiger partial charge in [-0.2, -0.15) is 10.1 Å². The first kappa shape index (κ1) is 23.9. The molecule has 0 atom stereocenters. The molecule has 2 aromatic heterocycles. The molecule has 2 aliphatic heterocycles. The Balaban J connectivity index is 1.16. The van der Waals surface area contributed by atoms with E-state index in [-0.39, 0.29) is 12.0 Å². The summed E-state index contributed by atoms with van der Waals surface area (Å²) in [7, 11) is 2.13. The fourth-order valence-electron chi connectivity index (χ4n) is 5.01. The van der Waals surface area contributed by atoms with Crippen LogP contribution >= 0.6 is 0 Å². The van der Waals surface area contributed by atoms with Crippen molar-refractivity contribution in [1.29, 1.82) is 0 Å². The number of fused-ring (bicyclic) bond motifs is 1. The van der Waals surface area contributed by atoms with Gasteiger partial charge in [0.25, 0.3) is 0 Å². The fraction of sp³-hybridized carbons (Fsp3) is 0.286. The lowest BCUT2D eigenvalue weighted by molar-refractivity contribution is 0.206. The summed E-state index contributed by atoms with van der Waals surface area (Å²) in [5, 5.41) is 7.27. The zero-order valence-electron chi connectivity index (χ0n) is 21.4. The summed E-state index contributed by atoms with van der Waals surface area (Å²) in [4.78, 5) is 28.5. The molecule has 0 unspecified atom stereocenters. The molecular formula is C28H31N9O. The quantitative estimate of drug-likeness (QED) is 0.435. The van der Waals surface area contributed by atoms with E-state index in [9.17, 15) is 4.79 Å². The Morgan fingerprint density at radius 1 is 0.947 bits per heavy atom. The summed E-state index contributed by atoms with van der Waals surface area (Å²) in [6.07, 6.45) is 4.43. The molecule has 2 aromatic carbocycles. The van der Waals surface area contributed by atoms with E-state index in [1.807, 2.05) is 47.5 Å². The highest BCUT2D eigenvalue weighted by Gasteiger charge is 2.22. The molecule has 2 aliphatic rings. The number of amides is 2. The van der Waals surface area contributed by atoms with Crippen LogP contribution in [-0.2, 0) is 13.0 Å². The van der Waals surface area contributed by atoms with Crippen LogP contribution in [0.15, 0.2) is 67.0 Å². The lowest BCUT2D eigenvalue weighted by atomic mass is 9.96. The standard InChI is InChI=1S/C28H31N9O/c1-34-13-15-35(16-14-34)26-18-25(32-27(29)33-26)21-4-3-20-9-12-36(19-22(20)17-21)28(38)31-23-5-7-24(8-6-23)37-11-2-10-30-37/h2-8,10-11,17-18H,9,12-16,19H2,1H3,(H,31,38)(H2,29,32,33). The Morgan fingerprint density at radius 2 is 1.76 bits per heavy atom. The van der Waals surface area contributed by atoms with Crippen LogP contribution in [-0.4, -0.2) is 75.4 Å². The van der Waals surface area contributed by atoms with Crippen molar-refractivity contribution in [2.24, 2.45) is 0 Å². The van der Waals surface area contributed by atoms with Gasteiger partial charge in [-0.05, 0) is 61.0 Å². The number of carbonyl (C=O) groups excluding carboxylic acids is 1. The van der Waals surface area contributed by atoms with E-state index in [4.69, 9.17) is 5.73 Å². The Kier molecular flexibility index (Phi) is 6.38. The highest BCUT2D eigenvalue weighted by molar-refractivity contribution is 5.89. The summed E-state index contributed by atoms with van der Waals surface area (Å²) >= 11 is 0. The molecule has 0 spiro atoms. The summed E-state index contributed by atoms with van der Waals surface area (Å²) in [5.74, 6) is 1.13. The van der Waals surface area contributed by atoms with Crippen LogP contribution in [0.2, 0.25) is 0 Å². The number of nitrogens with zero attached hydrogens (tertiary/aromatic N) is 7. The highest BCUT2D eigenvalue weighted by Crippen LogP contribution is 2.28. The number of anilines is 3. The number of piperazine rings is 1. The first-order valence-corrected chi connectivity index (χ1v) is 12.9. The van der Waals surface area contributed by atoms with Gasteiger partial charge < -0.3 is 25.8 Å². The molecule has 4 heterocycles. The summed E-state index contributed by atoms with van der Waals surface area (Å²) in [6.45, 7) is 5.00. The number of hydrogen-bond donors (Lipinski definition) is 2. The molecular weight excluding hydrogens is 478 g/mol. The number of nitrogen functional groups attached to an aromatic ring is 1. The predicted molar refractivity (Wildman–Crippen MR) is 148 cm³/mol. The molecule has 10 nitrogen and oxygen atoms in total. The third kappa shape index (κ3) is 5.03. The SMILES string of the molecule is CN1CCN(c2cc(-c3ccc4c(c3)CN(C(=O)Nc3ccc(-n5cccn5)cc3)CC4)nc(N)n2)CC1. The Morgan fingerprint density at radius 3 is 2.53 bits per heavy atom. The molecule has 0 saturated carbocycles. The first-order valence-electron chi connectivity index (χ1n) is 12.9. The second-order valence-corrected chi connectivity index (χ2v) is 9.84. The van der Waals surface area contributed by atoms with Crippen molar-refractivity contribution in [2.45, 2.75) is 13.0 Å². The minimum absolute atomic E-state index is 0.114. The minimum Gasteiger partial charge on any atom is -0.368 e. The zero-order chi connectivity index (χ0) is 26.1. The van der Waals surface area contributed by atoms with Gasteiger partial charge in [0.1, 0.15) is 5.82 Å². The maximum Gasteiger partial charge on any atom is 0.322 e. The number of hydrogen-bond acceptors (Lipinski definition) is 7. The van der Waals surface area contributed by atoms with E-state index in [1.54, 1.807) is 10.9 Å². The van der Waals surface area contributed by atoms with E-state index in [2.05, 4.69) is 55.4 Å². The molecule has 1 fully saturated rings. The summed E-state index contributed by atoms with van der Waals surface area (Å²) in [5.41, 5.74) is 12.0. The fourth-order valence-corrected chi connectivity index (χ4v) is 5.01. The van der Waals surface area contributed by atoms with Crippen molar-refractivity contribution < 1.29 is 4.79 Å². The molecule has 0 bridgehead atoms. The molecule has 194 valence electrons. The topological polar surface area (TPSA) is 108 Å². The van der Waals surface area contributed by atoms with Gasteiger partial charge in [0, 0.05) is 69.0 Å². The largest absolute Gasteiger partial charge is 0.368 e. The minimum atomic E-state index is -0.114. The second-order valence-electron chi connectivity index (χ2n) is 9.84. The molecule has 38 heavy (non-hydrogen) atoms. The van der Waals surface area contributed by atoms with Crippen LogP contribution in [0.3, 0.4) is 0 Å². The molecule has 0 aliphatic carbocycles. The molecule has 2 amide bonds. The first-order chi connectivity index (χ1) is 18.5. The van der Waals surface area contributed by atoms with Gasteiger partial charge in [0.2, 0.25) is 5.95 Å². The molecule has 10 heteroatoms. The van der Waals surface area contributed by atoms with Gasteiger partial charge in [-0.25, -0.2) is 14.5 Å². The maximum absolute atomic E-state index is 13.1. The number of aromatic nitrogens is 4. The van der Waals surface area contributed by atoms with Crippen molar-refractivity contribution >= 4 is 23.5 Å². The Labute approximate surface area is 221 Å². The van der Waals surface area contributed by atoms with Crippen molar-refractivity contribution in [1.82, 2.24) is 29.5 Å². The van der Waals surface area contributed by atoms with Crippen LogP contribution in [0.1, 0.15) is 11.1 Å². The van der Waals surface area contributed by atoms with E-state index < -0.39 is 0 Å². The number of benzene rings is 2. The monoisotopic (exact) mass is 509 g/mol. The Hall–Kier alpha value is -4.44. The third-order valence-corrected chi connectivity index (χ3v) is 7.25. The van der Waals surface area contributed by atoms with Gasteiger partial charge in [-0.3, -0.25) is 0 Å². The highest BCUT2D eigenvalue weighted by atomic mass is 16.2. The molecule has 0 radical (unpaired) electrons. The molecule has 6 rings (SSSR count). The van der Waals surface area contributed by atoms with Crippen LogP contribution in [0.25, 0.3) is 16.9 Å². The smallest absolute Gasteiger partial charge is 0.322 e. The van der Waals surface area contributed by atoms with Crippen LogP contribution in [0.5, 0.6) is 0 Å². The third-order valence-electron chi connectivity index (χ3n) is 7.25.